The van der Waals surface area contributed by atoms with Gasteiger partial charge in [-0.1, -0.05) is 18.5 Å². The van der Waals surface area contributed by atoms with Crippen LogP contribution in [0.4, 0.5) is 5.69 Å². The minimum Gasteiger partial charge on any atom is -0.398 e. The van der Waals surface area contributed by atoms with Crippen LogP contribution >= 0.6 is 11.6 Å². The van der Waals surface area contributed by atoms with Gasteiger partial charge < -0.3 is 15.7 Å². The lowest BCUT2D eigenvalue weighted by Crippen LogP contribution is -2.40. The van der Waals surface area contributed by atoms with Crippen LogP contribution in [0.15, 0.2) is 18.2 Å². The first kappa shape index (κ1) is 13.2. The minimum absolute atomic E-state index is 0.0135. The molecule has 0 spiro atoms. The highest BCUT2D eigenvalue weighted by molar-refractivity contribution is 6.31. The average molecular weight is 269 g/mol. The second-order valence-electron chi connectivity index (χ2n) is 4.75. The second-order valence-corrected chi connectivity index (χ2v) is 5.18. The fraction of sp³-hybridized carbons (Fsp3) is 0.462. The number of aliphatic hydroxyl groups excluding tert-OH is 1. The maximum atomic E-state index is 12.4. The van der Waals surface area contributed by atoms with Gasteiger partial charge in [0.25, 0.3) is 5.91 Å². The monoisotopic (exact) mass is 268 g/mol. The van der Waals surface area contributed by atoms with Gasteiger partial charge in [0, 0.05) is 17.3 Å². The normalized spacial score (nSPS) is 23.4. The summed E-state index contributed by atoms with van der Waals surface area (Å²) in [4.78, 5) is 14.1. The molecule has 0 aromatic heterocycles. The molecule has 2 unspecified atom stereocenters. The van der Waals surface area contributed by atoms with Crippen molar-refractivity contribution in [1.82, 2.24) is 4.90 Å². The fourth-order valence-corrected chi connectivity index (χ4v) is 2.60. The molecule has 1 aliphatic rings. The molecule has 1 fully saturated rings. The number of hydrogen-bond donors (Lipinski definition) is 2. The van der Waals surface area contributed by atoms with E-state index in [-0.39, 0.29) is 18.6 Å². The maximum absolute atomic E-state index is 12.4. The summed E-state index contributed by atoms with van der Waals surface area (Å²) in [5.74, 6) is 0.181. The number of halogens is 1. The number of hydrogen-bond acceptors (Lipinski definition) is 3. The Labute approximate surface area is 111 Å². The number of carbonyl (C=O) groups excluding carboxylic acids is 1. The molecule has 1 amide bonds. The van der Waals surface area contributed by atoms with E-state index in [4.69, 9.17) is 17.3 Å². The van der Waals surface area contributed by atoms with Crippen LogP contribution in [0, 0.1) is 5.92 Å². The van der Waals surface area contributed by atoms with E-state index in [9.17, 15) is 9.90 Å². The van der Waals surface area contributed by atoms with E-state index in [0.717, 1.165) is 6.42 Å². The van der Waals surface area contributed by atoms with Crippen LogP contribution in [0.5, 0.6) is 0 Å². The van der Waals surface area contributed by atoms with Crippen molar-refractivity contribution in [1.29, 1.82) is 0 Å². The number of amides is 1. The van der Waals surface area contributed by atoms with Crippen LogP contribution in [0.2, 0.25) is 5.02 Å². The predicted octanol–water partition coefficient (Wildman–Crippen LogP) is 1.77. The molecule has 3 N–H and O–H groups in total. The molecule has 1 heterocycles. The van der Waals surface area contributed by atoms with Gasteiger partial charge in [-0.2, -0.15) is 0 Å². The first-order valence-electron chi connectivity index (χ1n) is 6.01. The van der Waals surface area contributed by atoms with Crippen molar-refractivity contribution in [2.75, 3.05) is 18.9 Å². The zero-order valence-electron chi connectivity index (χ0n) is 10.3. The van der Waals surface area contributed by atoms with Gasteiger partial charge in [-0.15, -0.1) is 0 Å². The van der Waals surface area contributed by atoms with Gasteiger partial charge >= 0.3 is 0 Å². The summed E-state index contributed by atoms with van der Waals surface area (Å²) < 4.78 is 0. The average Bonchev–Trinajstić information content (AvgIpc) is 2.69. The van der Waals surface area contributed by atoms with Gasteiger partial charge in [-0.05, 0) is 30.5 Å². The number of likely N-dealkylation sites (tertiary alicyclic amines) is 1. The number of anilines is 1. The van der Waals surface area contributed by atoms with Crippen LogP contribution in [-0.4, -0.2) is 35.1 Å². The quantitative estimate of drug-likeness (QED) is 0.804. The predicted molar refractivity (Wildman–Crippen MR) is 71.6 cm³/mol. The van der Waals surface area contributed by atoms with Crippen LogP contribution in [-0.2, 0) is 0 Å². The van der Waals surface area contributed by atoms with Crippen molar-refractivity contribution in [3.63, 3.8) is 0 Å². The number of nitrogens with two attached hydrogens (primary N) is 1. The molecule has 0 bridgehead atoms. The van der Waals surface area contributed by atoms with Gasteiger partial charge in [0.05, 0.1) is 18.2 Å². The molecule has 1 saturated heterocycles. The van der Waals surface area contributed by atoms with E-state index in [2.05, 4.69) is 0 Å². The third-order valence-electron chi connectivity index (χ3n) is 3.57. The first-order valence-corrected chi connectivity index (χ1v) is 6.39. The highest BCUT2D eigenvalue weighted by Crippen LogP contribution is 2.27. The Balaban J connectivity index is 2.26. The molecule has 0 saturated carbocycles. The van der Waals surface area contributed by atoms with Crippen LogP contribution in [0.3, 0.4) is 0 Å². The van der Waals surface area contributed by atoms with Crippen molar-refractivity contribution in [3.05, 3.63) is 28.8 Å². The molecule has 0 radical (unpaired) electrons. The molecular formula is C13H17ClN2O2. The van der Waals surface area contributed by atoms with Crippen LogP contribution in [0.25, 0.3) is 0 Å². The summed E-state index contributed by atoms with van der Waals surface area (Å²) in [6, 6.07) is 4.74. The van der Waals surface area contributed by atoms with Crippen molar-refractivity contribution >= 4 is 23.2 Å². The Bertz CT molecular complexity index is 464. The van der Waals surface area contributed by atoms with Crippen LogP contribution in [0.1, 0.15) is 23.7 Å². The molecular weight excluding hydrogens is 252 g/mol. The van der Waals surface area contributed by atoms with E-state index in [1.165, 1.54) is 0 Å². The summed E-state index contributed by atoms with van der Waals surface area (Å²) in [5, 5.41) is 9.88. The maximum Gasteiger partial charge on any atom is 0.256 e. The highest BCUT2D eigenvalue weighted by Gasteiger charge is 2.34. The van der Waals surface area contributed by atoms with E-state index in [1.54, 1.807) is 23.1 Å². The highest BCUT2D eigenvalue weighted by atomic mass is 35.5. The van der Waals surface area contributed by atoms with Crippen molar-refractivity contribution in [2.45, 2.75) is 19.4 Å². The summed E-state index contributed by atoms with van der Waals surface area (Å²) in [6.07, 6.45) is 0.907. The number of aliphatic hydroxyl groups is 1. The van der Waals surface area contributed by atoms with E-state index < -0.39 is 0 Å². The summed E-state index contributed by atoms with van der Waals surface area (Å²) in [7, 11) is 0. The van der Waals surface area contributed by atoms with Gasteiger partial charge in [0.1, 0.15) is 0 Å². The van der Waals surface area contributed by atoms with Gasteiger partial charge in [0.2, 0.25) is 0 Å². The molecule has 1 aromatic rings. The minimum atomic E-state index is -0.132. The lowest BCUT2D eigenvalue weighted by molar-refractivity contribution is 0.0649. The Morgan fingerprint density at radius 2 is 2.33 bits per heavy atom. The summed E-state index contributed by atoms with van der Waals surface area (Å²) in [6.45, 7) is 2.69. The van der Waals surface area contributed by atoms with E-state index in [0.29, 0.717) is 28.7 Å². The molecule has 5 heteroatoms. The van der Waals surface area contributed by atoms with Crippen molar-refractivity contribution in [2.24, 2.45) is 5.92 Å². The van der Waals surface area contributed by atoms with E-state index >= 15 is 0 Å². The lowest BCUT2D eigenvalue weighted by Gasteiger charge is -2.25. The molecule has 2 atom stereocenters. The Hall–Kier alpha value is -1.26. The smallest absolute Gasteiger partial charge is 0.256 e. The molecule has 18 heavy (non-hydrogen) atoms. The van der Waals surface area contributed by atoms with Crippen molar-refractivity contribution in [3.8, 4) is 0 Å². The fourth-order valence-electron chi connectivity index (χ4n) is 2.42. The molecule has 4 nitrogen and oxygen atoms in total. The number of nitrogens with zero attached hydrogens (tertiary/aromatic N) is 1. The largest absolute Gasteiger partial charge is 0.398 e. The number of carbonyl (C=O) groups is 1. The standard InChI is InChI=1S/C13H17ClN2O2/c1-8-4-5-16(12(8)7-17)13(18)10-3-2-9(14)6-11(10)15/h2-3,6,8,12,17H,4-5,7,15H2,1H3. The van der Waals surface area contributed by atoms with Crippen molar-refractivity contribution < 1.29 is 9.90 Å². The SMILES string of the molecule is CC1CCN(C(=O)c2ccc(Cl)cc2N)C1CO. The number of rotatable bonds is 2. The molecule has 2 rings (SSSR count). The molecule has 1 aromatic carbocycles. The number of benzene rings is 1. The molecule has 1 aliphatic heterocycles. The summed E-state index contributed by atoms with van der Waals surface area (Å²) in [5.41, 5.74) is 6.65. The topological polar surface area (TPSA) is 66.6 Å². The van der Waals surface area contributed by atoms with Gasteiger partial charge in [-0.3, -0.25) is 4.79 Å². The lowest BCUT2D eigenvalue weighted by atomic mass is 10.0. The Morgan fingerprint density at radius 1 is 1.61 bits per heavy atom. The zero-order chi connectivity index (χ0) is 13.3. The second kappa shape index (κ2) is 5.16. The summed E-state index contributed by atoms with van der Waals surface area (Å²) >= 11 is 5.82. The Morgan fingerprint density at radius 3 is 2.94 bits per heavy atom. The third-order valence-corrected chi connectivity index (χ3v) is 3.81. The van der Waals surface area contributed by atoms with Gasteiger partial charge in [0.15, 0.2) is 0 Å². The Kier molecular flexibility index (Phi) is 3.78. The van der Waals surface area contributed by atoms with Gasteiger partial charge in [-0.25, -0.2) is 0 Å². The molecule has 0 aliphatic carbocycles. The number of nitrogen functional groups attached to an aromatic ring is 1. The molecule has 98 valence electrons. The third kappa shape index (κ3) is 2.31. The first-order chi connectivity index (χ1) is 8.54. The van der Waals surface area contributed by atoms with E-state index in [1.807, 2.05) is 6.92 Å². The zero-order valence-corrected chi connectivity index (χ0v) is 11.0. The van der Waals surface area contributed by atoms with Crippen LogP contribution < -0.4 is 5.73 Å².